The van der Waals surface area contributed by atoms with Crippen molar-refractivity contribution in [1.82, 2.24) is 9.38 Å². The lowest BCUT2D eigenvalue weighted by molar-refractivity contribution is 0.300. The third-order valence-corrected chi connectivity index (χ3v) is 3.31. The Balaban J connectivity index is 1.84. The fourth-order valence-corrected chi connectivity index (χ4v) is 2.17. The van der Waals surface area contributed by atoms with Crippen LogP contribution >= 0.6 is 23.2 Å². The minimum absolute atomic E-state index is 0.395. The average Bonchev–Trinajstić information content (AvgIpc) is 2.80. The van der Waals surface area contributed by atoms with Crippen LogP contribution in [0.3, 0.4) is 0 Å². The molecule has 0 aliphatic rings. The smallest absolute Gasteiger partial charge is 0.138 e. The van der Waals surface area contributed by atoms with E-state index in [1.165, 1.54) is 0 Å². The molecule has 0 fully saturated rings. The summed E-state index contributed by atoms with van der Waals surface area (Å²) >= 11 is 12.0. The van der Waals surface area contributed by atoms with Crippen molar-refractivity contribution in [2.45, 2.75) is 6.61 Å². The summed E-state index contributed by atoms with van der Waals surface area (Å²) < 4.78 is 7.63. The molecule has 0 amide bonds. The minimum Gasteiger partial charge on any atom is -0.486 e. The molecule has 0 saturated heterocycles. The van der Waals surface area contributed by atoms with Gasteiger partial charge in [-0.3, -0.25) is 0 Å². The van der Waals surface area contributed by atoms with Gasteiger partial charge in [-0.05, 0) is 24.3 Å². The lowest BCUT2D eigenvalue weighted by atomic mass is 10.3. The molecule has 0 N–H and O–H groups in total. The second-order valence-corrected chi connectivity index (χ2v) is 4.89. The highest BCUT2D eigenvalue weighted by Crippen LogP contribution is 2.24. The molecule has 5 heteroatoms. The highest BCUT2D eigenvalue weighted by molar-refractivity contribution is 6.32. The van der Waals surface area contributed by atoms with Crippen LogP contribution in [-0.2, 0) is 6.61 Å². The number of benzene rings is 1. The predicted molar refractivity (Wildman–Crippen MR) is 76.0 cm³/mol. The number of aromatic nitrogens is 2. The predicted octanol–water partition coefficient (Wildman–Crippen LogP) is 4.22. The van der Waals surface area contributed by atoms with E-state index in [1.807, 2.05) is 34.9 Å². The molecule has 2 heterocycles. The largest absolute Gasteiger partial charge is 0.486 e. The Morgan fingerprint density at radius 3 is 2.84 bits per heavy atom. The fourth-order valence-electron chi connectivity index (χ4n) is 1.83. The lowest BCUT2D eigenvalue weighted by Crippen LogP contribution is -1.99. The summed E-state index contributed by atoms with van der Waals surface area (Å²) in [5.41, 5.74) is 1.73. The van der Waals surface area contributed by atoms with Gasteiger partial charge in [0.05, 0.1) is 16.9 Å². The maximum absolute atomic E-state index is 6.04. The molecule has 0 radical (unpaired) electrons. The lowest BCUT2D eigenvalue weighted by Gasteiger charge is -2.07. The van der Waals surface area contributed by atoms with Gasteiger partial charge in [0, 0.05) is 11.2 Å². The van der Waals surface area contributed by atoms with Gasteiger partial charge in [0.25, 0.3) is 0 Å². The second-order valence-electron chi connectivity index (χ2n) is 4.04. The van der Waals surface area contributed by atoms with Crippen molar-refractivity contribution in [3.8, 4) is 5.75 Å². The van der Waals surface area contributed by atoms with Crippen LogP contribution in [0.5, 0.6) is 5.75 Å². The van der Waals surface area contributed by atoms with Crippen molar-refractivity contribution in [2.75, 3.05) is 0 Å². The molecule has 3 nitrogen and oxygen atoms in total. The van der Waals surface area contributed by atoms with Crippen molar-refractivity contribution in [1.29, 1.82) is 0 Å². The number of hydrogen-bond acceptors (Lipinski definition) is 2. The molecular formula is C14H10Cl2N2O. The first-order valence-corrected chi connectivity index (χ1v) is 6.48. The number of fused-ring (bicyclic) bond motifs is 1. The van der Waals surface area contributed by atoms with Gasteiger partial charge in [-0.2, -0.15) is 0 Å². The van der Waals surface area contributed by atoms with Crippen molar-refractivity contribution in [3.63, 3.8) is 0 Å². The first-order valence-electron chi connectivity index (χ1n) is 5.73. The van der Waals surface area contributed by atoms with E-state index in [2.05, 4.69) is 4.98 Å². The van der Waals surface area contributed by atoms with Crippen molar-refractivity contribution < 1.29 is 4.74 Å². The van der Waals surface area contributed by atoms with Crippen LogP contribution in [0.4, 0.5) is 0 Å². The number of imidazole rings is 1. The Morgan fingerprint density at radius 2 is 2.00 bits per heavy atom. The van der Waals surface area contributed by atoms with Crippen molar-refractivity contribution in [2.24, 2.45) is 0 Å². The normalized spacial score (nSPS) is 10.8. The maximum Gasteiger partial charge on any atom is 0.138 e. The van der Waals surface area contributed by atoms with Crippen LogP contribution in [-0.4, -0.2) is 9.38 Å². The molecule has 2 aromatic heterocycles. The fraction of sp³-hybridized carbons (Fsp3) is 0.0714. The minimum atomic E-state index is 0.395. The Morgan fingerprint density at radius 1 is 1.16 bits per heavy atom. The molecule has 96 valence electrons. The molecule has 0 bridgehead atoms. The topological polar surface area (TPSA) is 26.5 Å². The maximum atomic E-state index is 6.04. The summed E-state index contributed by atoms with van der Waals surface area (Å²) in [5.74, 6) is 0.660. The number of hydrogen-bond donors (Lipinski definition) is 0. The third kappa shape index (κ3) is 2.53. The van der Waals surface area contributed by atoms with Gasteiger partial charge in [0.15, 0.2) is 0 Å². The highest BCUT2D eigenvalue weighted by atomic mass is 35.5. The highest BCUT2D eigenvalue weighted by Gasteiger charge is 2.06. The number of ether oxygens (including phenoxy) is 1. The molecular weight excluding hydrogens is 283 g/mol. The first-order chi connectivity index (χ1) is 9.24. The molecule has 0 aliphatic heterocycles. The molecule has 0 aliphatic carbocycles. The van der Waals surface area contributed by atoms with Crippen LogP contribution in [0.1, 0.15) is 5.69 Å². The number of halogens is 2. The van der Waals surface area contributed by atoms with E-state index in [4.69, 9.17) is 27.9 Å². The third-order valence-electron chi connectivity index (χ3n) is 2.76. The van der Waals surface area contributed by atoms with Gasteiger partial charge in [0.1, 0.15) is 18.0 Å². The van der Waals surface area contributed by atoms with E-state index in [0.717, 1.165) is 11.3 Å². The van der Waals surface area contributed by atoms with E-state index in [-0.39, 0.29) is 0 Å². The quantitative estimate of drug-likeness (QED) is 0.722. The monoisotopic (exact) mass is 292 g/mol. The summed E-state index contributed by atoms with van der Waals surface area (Å²) in [6, 6.07) is 11.0. The van der Waals surface area contributed by atoms with E-state index >= 15 is 0 Å². The molecule has 0 saturated carbocycles. The summed E-state index contributed by atoms with van der Waals surface area (Å²) in [5, 5.41) is 1.26. The van der Waals surface area contributed by atoms with Crippen LogP contribution in [0.2, 0.25) is 10.0 Å². The zero-order valence-corrected chi connectivity index (χ0v) is 11.4. The summed E-state index contributed by atoms with van der Waals surface area (Å²) in [7, 11) is 0. The van der Waals surface area contributed by atoms with Crippen LogP contribution in [0, 0.1) is 0 Å². The second kappa shape index (κ2) is 5.11. The number of nitrogens with zero attached hydrogens (tertiary/aromatic N) is 2. The Hall–Kier alpha value is -1.71. The van der Waals surface area contributed by atoms with Crippen LogP contribution < -0.4 is 4.74 Å². The Bertz CT molecular complexity index is 724. The zero-order valence-electron chi connectivity index (χ0n) is 9.88. The van der Waals surface area contributed by atoms with E-state index < -0.39 is 0 Å². The molecule has 19 heavy (non-hydrogen) atoms. The van der Waals surface area contributed by atoms with Crippen LogP contribution in [0.15, 0.2) is 48.8 Å². The zero-order chi connectivity index (χ0) is 13.2. The van der Waals surface area contributed by atoms with Gasteiger partial charge < -0.3 is 9.14 Å². The van der Waals surface area contributed by atoms with Crippen molar-refractivity contribution >= 4 is 28.8 Å². The molecule has 0 unspecified atom stereocenters. The van der Waals surface area contributed by atoms with Crippen molar-refractivity contribution in [3.05, 3.63) is 64.5 Å². The SMILES string of the molecule is Clc1ccn2c(COc3ccccc3Cl)cnc2c1. The summed E-state index contributed by atoms with van der Waals surface area (Å²) in [4.78, 5) is 4.28. The van der Waals surface area contributed by atoms with Crippen LogP contribution in [0.25, 0.3) is 5.65 Å². The molecule has 1 aromatic carbocycles. The Kier molecular flexibility index (Phi) is 3.32. The van der Waals surface area contributed by atoms with Gasteiger partial charge >= 0.3 is 0 Å². The van der Waals surface area contributed by atoms with Gasteiger partial charge in [-0.1, -0.05) is 35.3 Å². The number of rotatable bonds is 3. The van der Waals surface area contributed by atoms with E-state index in [1.54, 1.807) is 18.3 Å². The first kappa shape index (κ1) is 12.3. The molecule has 0 atom stereocenters. The summed E-state index contributed by atoms with van der Waals surface area (Å²) in [6.07, 6.45) is 3.64. The van der Waals surface area contributed by atoms with Gasteiger partial charge in [0.2, 0.25) is 0 Å². The Labute approximate surface area is 120 Å². The van der Waals surface area contributed by atoms with Gasteiger partial charge in [-0.25, -0.2) is 4.98 Å². The standard InChI is InChI=1S/C14H10Cl2N2O/c15-10-5-6-18-11(8-17-14(18)7-10)9-19-13-4-2-1-3-12(13)16/h1-8H,9H2. The molecule has 3 rings (SSSR count). The molecule has 0 spiro atoms. The summed E-state index contributed by atoms with van der Waals surface area (Å²) in [6.45, 7) is 0.395. The average molecular weight is 293 g/mol. The van der Waals surface area contributed by atoms with E-state index in [9.17, 15) is 0 Å². The van der Waals surface area contributed by atoms with E-state index in [0.29, 0.717) is 22.4 Å². The van der Waals surface area contributed by atoms with Gasteiger partial charge in [-0.15, -0.1) is 0 Å². The molecule has 3 aromatic rings. The number of pyridine rings is 1. The number of para-hydroxylation sites is 1.